The Balaban J connectivity index is 1.18. The van der Waals surface area contributed by atoms with Gasteiger partial charge in [0.25, 0.3) is 0 Å². The number of piperidine rings is 2. The van der Waals surface area contributed by atoms with Gasteiger partial charge in [-0.15, -0.1) is 0 Å². The summed E-state index contributed by atoms with van der Waals surface area (Å²) in [5, 5.41) is 0. The molecule has 2 heterocycles. The molecule has 0 aliphatic carbocycles. The molecule has 2 fully saturated rings. The van der Waals surface area contributed by atoms with Crippen LogP contribution in [0, 0.1) is 5.82 Å². The summed E-state index contributed by atoms with van der Waals surface area (Å²) in [7, 11) is 0. The number of ether oxygens (including phenoxy) is 3. The van der Waals surface area contributed by atoms with Gasteiger partial charge in [0, 0.05) is 51.3 Å². The molecule has 0 N–H and O–H groups in total. The Hall–Kier alpha value is -3.62. The quantitative estimate of drug-likeness (QED) is 0.169. The largest absolute Gasteiger partial charge is 0.371 e. The van der Waals surface area contributed by atoms with E-state index >= 15 is 4.39 Å². The lowest BCUT2D eigenvalue weighted by molar-refractivity contribution is -0.188. The molecule has 4 aromatic rings. The third-order valence-electron chi connectivity index (χ3n) is 8.87. The Labute approximate surface area is 265 Å². The molecule has 0 amide bonds. The molecule has 0 bridgehead atoms. The van der Waals surface area contributed by atoms with Crippen molar-refractivity contribution >= 4 is 5.69 Å². The van der Waals surface area contributed by atoms with E-state index < -0.39 is 5.67 Å². The fraction of sp³-hybridized carbons (Fsp3) is 0.368. The van der Waals surface area contributed by atoms with Crippen molar-refractivity contribution in [2.45, 2.75) is 56.6 Å². The number of hydrogen-bond acceptors (Lipinski definition) is 5. The van der Waals surface area contributed by atoms with E-state index in [0.29, 0.717) is 65.4 Å². The van der Waals surface area contributed by atoms with Gasteiger partial charge in [-0.2, -0.15) is 0 Å². The van der Waals surface area contributed by atoms with Crippen LogP contribution in [0.25, 0.3) is 0 Å². The van der Waals surface area contributed by atoms with Crippen molar-refractivity contribution in [1.82, 2.24) is 4.90 Å². The highest BCUT2D eigenvalue weighted by Crippen LogP contribution is 2.33. The monoisotopic (exact) mass is 612 g/mol. The number of anilines is 1. The van der Waals surface area contributed by atoms with E-state index in [1.807, 2.05) is 54.6 Å². The fourth-order valence-corrected chi connectivity index (χ4v) is 6.37. The molecular weight excluding hydrogens is 570 g/mol. The number of rotatable bonds is 12. The summed E-state index contributed by atoms with van der Waals surface area (Å²) in [6.07, 6.45) is -0.151. The van der Waals surface area contributed by atoms with Crippen molar-refractivity contribution in [1.29, 1.82) is 0 Å². The summed E-state index contributed by atoms with van der Waals surface area (Å²) in [6.45, 7) is 3.86. The molecule has 2 aliphatic rings. The molecule has 3 atom stereocenters. The van der Waals surface area contributed by atoms with Crippen LogP contribution in [0.2, 0.25) is 0 Å². The van der Waals surface area contributed by atoms with Crippen molar-refractivity contribution in [2.24, 2.45) is 0 Å². The minimum Gasteiger partial charge on any atom is -0.371 e. The highest BCUT2D eigenvalue weighted by atomic mass is 19.1. The molecule has 4 aromatic carbocycles. The Morgan fingerprint density at radius 1 is 0.600 bits per heavy atom. The van der Waals surface area contributed by atoms with E-state index in [4.69, 9.17) is 14.2 Å². The normalized spacial score (nSPS) is 21.9. The first-order valence-corrected chi connectivity index (χ1v) is 15.9. The molecule has 5 nitrogen and oxygen atoms in total. The van der Waals surface area contributed by atoms with E-state index in [0.717, 1.165) is 22.4 Å². The zero-order valence-electron chi connectivity index (χ0n) is 25.6. The summed E-state index contributed by atoms with van der Waals surface area (Å²) < 4.78 is 49.7. The van der Waals surface area contributed by atoms with Gasteiger partial charge in [0.2, 0.25) is 0 Å². The summed E-state index contributed by atoms with van der Waals surface area (Å²) in [5.41, 5.74) is 2.82. The van der Waals surface area contributed by atoms with Gasteiger partial charge in [-0.25, -0.2) is 8.78 Å². The van der Waals surface area contributed by atoms with Crippen LogP contribution in [0.3, 0.4) is 0 Å². The highest BCUT2D eigenvalue weighted by Gasteiger charge is 2.43. The summed E-state index contributed by atoms with van der Waals surface area (Å²) >= 11 is 0. The van der Waals surface area contributed by atoms with Crippen LogP contribution in [-0.4, -0.2) is 61.6 Å². The van der Waals surface area contributed by atoms with Crippen LogP contribution in [-0.2, 0) is 34.0 Å². The predicted octanol–water partition coefficient (Wildman–Crippen LogP) is 7.21. The summed E-state index contributed by atoms with van der Waals surface area (Å²) in [6, 6.07) is 36.8. The Morgan fingerprint density at radius 3 is 1.51 bits per heavy atom. The molecule has 0 aromatic heterocycles. The average molecular weight is 613 g/mol. The van der Waals surface area contributed by atoms with Crippen molar-refractivity contribution in [3.8, 4) is 0 Å². The van der Waals surface area contributed by atoms with Gasteiger partial charge >= 0.3 is 0 Å². The number of nitrogens with zero attached hydrogens (tertiary/aromatic N) is 2. The molecule has 45 heavy (non-hydrogen) atoms. The van der Waals surface area contributed by atoms with E-state index in [1.54, 1.807) is 12.1 Å². The van der Waals surface area contributed by atoms with Gasteiger partial charge in [0.1, 0.15) is 17.6 Å². The topological polar surface area (TPSA) is 34.2 Å². The van der Waals surface area contributed by atoms with Crippen molar-refractivity contribution in [3.05, 3.63) is 138 Å². The van der Waals surface area contributed by atoms with Gasteiger partial charge < -0.3 is 19.1 Å². The molecule has 236 valence electrons. The molecule has 0 spiro atoms. The molecule has 0 saturated carbocycles. The van der Waals surface area contributed by atoms with Crippen LogP contribution in [0.4, 0.5) is 14.5 Å². The second kappa shape index (κ2) is 15.1. The van der Waals surface area contributed by atoms with E-state index in [-0.39, 0.29) is 24.1 Å². The maximum absolute atomic E-state index is 16.5. The van der Waals surface area contributed by atoms with E-state index in [9.17, 15) is 4.39 Å². The number of hydrogen-bond donors (Lipinski definition) is 0. The van der Waals surface area contributed by atoms with Gasteiger partial charge in [-0.3, -0.25) is 4.90 Å². The van der Waals surface area contributed by atoms with Crippen LogP contribution in [0.15, 0.2) is 115 Å². The van der Waals surface area contributed by atoms with Gasteiger partial charge in [-0.1, -0.05) is 91.0 Å². The van der Waals surface area contributed by atoms with Crippen molar-refractivity contribution in [3.63, 3.8) is 0 Å². The molecular formula is C38H42F2N2O3. The third-order valence-corrected chi connectivity index (χ3v) is 8.87. The Kier molecular flexibility index (Phi) is 10.5. The van der Waals surface area contributed by atoms with Crippen LogP contribution in [0.1, 0.15) is 29.5 Å². The zero-order chi connectivity index (χ0) is 30.9. The first kappa shape index (κ1) is 31.4. The lowest BCUT2D eigenvalue weighted by Gasteiger charge is -2.46. The number of halogens is 2. The maximum atomic E-state index is 16.5. The van der Waals surface area contributed by atoms with Crippen molar-refractivity contribution < 1.29 is 23.0 Å². The standard InChI is InChI=1S/C38H42F2N2O3/c39-33-16-18-34(19-17-33)42-22-20-38(40,21-23-42)29-41-24-35(43-26-30-10-4-1-5-11-30)37(45-28-32-14-8-3-9-15-32)36(25-41)44-27-31-12-6-2-7-13-31/h1-19,35-37H,20-29H2/t35-,36+,37?. The van der Waals surface area contributed by atoms with Crippen LogP contribution in [0.5, 0.6) is 0 Å². The van der Waals surface area contributed by atoms with E-state index in [2.05, 4.69) is 46.2 Å². The van der Waals surface area contributed by atoms with Crippen LogP contribution >= 0.6 is 0 Å². The molecule has 1 unspecified atom stereocenters. The lowest BCUT2D eigenvalue weighted by atomic mass is 9.90. The zero-order valence-corrected chi connectivity index (χ0v) is 25.6. The second-order valence-corrected chi connectivity index (χ2v) is 12.2. The first-order valence-electron chi connectivity index (χ1n) is 15.9. The summed E-state index contributed by atoms with van der Waals surface area (Å²) in [4.78, 5) is 4.31. The second-order valence-electron chi connectivity index (χ2n) is 12.2. The summed E-state index contributed by atoms with van der Waals surface area (Å²) in [5.74, 6) is -0.264. The molecule has 2 aliphatic heterocycles. The van der Waals surface area contributed by atoms with Gasteiger partial charge in [-0.05, 0) is 41.0 Å². The fourth-order valence-electron chi connectivity index (χ4n) is 6.37. The minimum atomic E-state index is -1.35. The van der Waals surface area contributed by atoms with Gasteiger partial charge in [0.05, 0.1) is 32.0 Å². The predicted molar refractivity (Wildman–Crippen MR) is 173 cm³/mol. The maximum Gasteiger partial charge on any atom is 0.127 e. The van der Waals surface area contributed by atoms with Crippen molar-refractivity contribution in [2.75, 3.05) is 37.6 Å². The highest BCUT2D eigenvalue weighted by molar-refractivity contribution is 5.46. The molecule has 7 heteroatoms. The van der Waals surface area contributed by atoms with E-state index in [1.165, 1.54) is 12.1 Å². The first-order chi connectivity index (χ1) is 22.0. The van der Waals surface area contributed by atoms with Crippen LogP contribution < -0.4 is 4.90 Å². The third kappa shape index (κ3) is 8.76. The number of benzene rings is 4. The number of likely N-dealkylation sites (tertiary alicyclic amines) is 1. The Morgan fingerprint density at radius 2 is 1.04 bits per heavy atom. The minimum absolute atomic E-state index is 0.264. The average Bonchev–Trinajstić information content (AvgIpc) is 3.08. The lowest BCUT2D eigenvalue weighted by Crippen LogP contribution is -2.60. The molecule has 6 rings (SSSR count). The SMILES string of the molecule is Fc1ccc(N2CCC(F)(CN3C[C@H](OCc4ccccc4)C(OCc4ccccc4)[C@H](OCc4ccccc4)C3)CC2)cc1. The Bertz CT molecular complexity index is 1380. The molecule has 0 radical (unpaired) electrons. The smallest absolute Gasteiger partial charge is 0.127 e. The number of alkyl halides is 1. The molecule has 2 saturated heterocycles. The van der Waals surface area contributed by atoms with Gasteiger partial charge in [0.15, 0.2) is 0 Å².